The first-order valence-electron chi connectivity index (χ1n) is 41.0. The van der Waals surface area contributed by atoms with E-state index in [1.807, 2.05) is 88.6 Å². The van der Waals surface area contributed by atoms with Crippen LogP contribution in [0.4, 0.5) is 0 Å². The topological polar surface area (TPSA) is 77.3 Å². The van der Waals surface area contributed by atoms with Gasteiger partial charge in [-0.25, -0.2) is 29.9 Å². The normalized spacial score (nSPS) is 13.4. The van der Waals surface area contributed by atoms with E-state index in [1.165, 1.54) is 144 Å². The lowest BCUT2D eigenvalue weighted by Crippen LogP contribution is -2.17. The maximum absolute atomic E-state index is 5.27. The molecule has 0 aliphatic heterocycles. The summed E-state index contributed by atoms with van der Waals surface area (Å²) >= 11 is 5.57. The lowest BCUT2D eigenvalue weighted by molar-refractivity contribution is 0.657. The van der Waals surface area contributed by atoms with Gasteiger partial charge in [0.2, 0.25) is 0 Å². The van der Waals surface area contributed by atoms with E-state index in [0.29, 0.717) is 0 Å². The van der Waals surface area contributed by atoms with Crippen LogP contribution in [-0.4, -0.2) is 29.9 Å². The maximum atomic E-state index is 5.27. The highest BCUT2D eigenvalue weighted by Crippen LogP contribution is 2.56. The summed E-state index contributed by atoms with van der Waals surface area (Å²) in [5.41, 5.74) is 30.3. The molecule has 24 rings (SSSR count). The van der Waals surface area contributed by atoms with E-state index in [-0.39, 0.29) is 16.2 Å². The molecule has 0 spiro atoms. The molecule has 6 nitrogen and oxygen atoms in total. The average molecular weight is 1590 g/mol. The fraction of sp³-hybridized carbons (Fsp3) is 0.0811. The van der Waals surface area contributed by atoms with E-state index in [2.05, 4.69) is 351 Å². The summed E-state index contributed by atoms with van der Waals surface area (Å²) in [6.07, 6.45) is 0. The first-order chi connectivity index (χ1) is 58.7. The van der Waals surface area contributed by atoms with Crippen molar-refractivity contribution in [2.45, 2.75) is 57.8 Å². The zero-order valence-electron chi connectivity index (χ0n) is 67.0. The monoisotopic (exact) mass is 1590 g/mol. The smallest absolute Gasteiger partial charge is 0.160 e. The molecule has 6 heterocycles. The van der Waals surface area contributed by atoms with Crippen molar-refractivity contribution in [2.75, 3.05) is 0 Å². The van der Waals surface area contributed by atoms with E-state index in [9.17, 15) is 0 Å². The molecule has 0 fully saturated rings. The van der Waals surface area contributed by atoms with Gasteiger partial charge in [0, 0.05) is 144 Å². The van der Waals surface area contributed by atoms with E-state index < -0.39 is 0 Å². The van der Waals surface area contributed by atoms with Crippen molar-refractivity contribution in [2.24, 2.45) is 0 Å². The van der Waals surface area contributed by atoms with Gasteiger partial charge < -0.3 is 0 Å². The van der Waals surface area contributed by atoms with Gasteiger partial charge in [-0.3, -0.25) is 0 Å². The summed E-state index contributed by atoms with van der Waals surface area (Å²) in [7, 11) is 0. The fourth-order valence-electron chi connectivity index (χ4n) is 18.8. The molecule has 0 atom stereocenters. The van der Waals surface area contributed by atoms with Crippen LogP contribution in [-0.2, 0) is 16.2 Å². The Kier molecular flexibility index (Phi) is 17.4. The van der Waals surface area contributed by atoms with Gasteiger partial charge in [-0.15, -0.1) is 34.0 Å². The number of thiophene rings is 3. The molecule has 3 aliphatic carbocycles. The summed E-state index contributed by atoms with van der Waals surface area (Å²) in [6, 6.07) is 130. The number of aromatic nitrogens is 6. The second kappa shape index (κ2) is 28.8. The van der Waals surface area contributed by atoms with Crippen LogP contribution in [0.1, 0.15) is 74.9 Å². The first kappa shape index (κ1) is 72.6. The highest BCUT2D eigenvalue weighted by atomic mass is 32.1. The van der Waals surface area contributed by atoms with Crippen molar-refractivity contribution in [1.29, 1.82) is 0 Å². The number of fused-ring (bicyclic) bond motifs is 18. The van der Waals surface area contributed by atoms with E-state index in [0.717, 1.165) is 85.0 Å². The summed E-state index contributed by atoms with van der Waals surface area (Å²) in [5, 5.41) is 7.93. The quantitative estimate of drug-likeness (QED) is 0.143. The second-order valence-electron chi connectivity index (χ2n) is 33.1. The van der Waals surface area contributed by atoms with E-state index >= 15 is 0 Å². The van der Waals surface area contributed by atoms with Crippen molar-refractivity contribution < 1.29 is 0 Å². The van der Waals surface area contributed by atoms with Gasteiger partial charge in [-0.1, -0.05) is 333 Å². The molecule has 0 saturated carbocycles. The molecule has 570 valence electrons. The van der Waals surface area contributed by atoms with Gasteiger partial charge >= 0.3 is 0 Å². The third-order valence-corrected chi connectivity index (χ3v) is 28.3. The number of hydrogen-bond acceptors (Lipinski definition) is 9. The van der Waals surface area contributed by atoms with Gasteiger partial charge in [-0.2, -0.15) is 0 Å². The van der Waals surface area contributed by atoms with E-state index in [4.69, 9.17) is 29.9 Å². The predicted molar refractivity (Wildman–Crippen MR) is 506 cm³/mol. The highest BCUT2D eigenvalue weighted by Gasteiger charge is 2.44. The molecule has 0 saturated heterocycles. The SMILES string of the molecule is CC1(C)c2cc(-c3ccc4sc5ccccc5c4c3)ccc2-c2nc(-c3ccccc3)nc(-c3ccccc3)c21.CC1(C)c2ccc(-c3ccc4sc5ccccc5c4c3)cc2-c2nc(-c3ccccc3)nc(-c3ccccc3)c21.CC1(C)c2ccccc2-c2nc(-c3ccccc3)nc(-c3cccc(-c4ccc5sc6ccccc6c5c4)c3)c21. The second-order valence-corrected chi connectivity index (χ2v) is 36.4. The number of nitrogens with zero attached hydrogens (tertiary/aromatic N) is 6. The van der Waals surface area contributed by atoms with Gasteiger partial charge in [0.25, 0.3) is 0 Å². The Bertz CT molecular complexity index is 7640. The van der Waals surface area contributed by atoms with Crippen molar-refractivity contribution in [3.05, 3.63) is 397 Å². The molecule has 0 N–H and O–H groups in total. The minimum Gasteiger partial charge on any atom is -0.228 e. The standard InChI is InChI=1S/3C37H26N2S/c1-37(2)30-22-26(25-18-20-32-29(21-25)27-15-9-10-16-31(27)40-32)17-19-28(30)35-33(37)34(23-11-5-3-6-12-23)38-36(39-35)24-13-7-4-8-14-24;1-37(2)30-19-17-25(26-18-20-32-28(21-26)27-15-9-10-16-31(27)40-32)22-29(30)35-33(37)34(23-11-5-3-6-12-23)38-36(39-35)24-13-7-4-8-14-24;1-37(2)30-17-8-6-16-28(30)35-33(37)34(38-36(39-35)23-11-4-3-5-12-23)26-14-10-13-24(21-26)25-19-20-32-29(22-25)27-15-7-9-18-31(27)40-32/h3*3-22H,1-2H3. The molecule has 9 heteroatoms. The molecule has 0 unspecified atom stereocenters. The Morgan fingerprint density at radius 1 is 0.175 bits per heavy atom. The van der Waals surface area contributed by atoms with Crippen LogP contribution >= 0.6 is 34.0 Å². The van der Waals surface area contributed by atoms with Crippen LogP contribution in [0.15, 0.2) is 364 Å². The van der Waals surface area contributed by atoms with Crippen molar-refractivity contribution >= 4 is 94.5 Å². The van der Waals surface area contributed by atoms with Gasteiger partial charge in [0.15, 0.2) is 17.5 Å². The zero-order valence-corrected chi connectivity index (χ0v) is 69.5. The van der Waals surface area contributed by atoms with Crippen LogP contribution in [0.3, 0.4) is 0 Å². The molecule has 120 heavy (non-hydrogen) atoms. The molecule has 3 aliphatic rings. The lowest BCUT2D eigenvalue weighted by atomic mass is 9.80. The maximum Gasteiger partial charge on any atom is 0.160 e. The summed E-state index contributed by atoms with van der Waals surface area (Å²) in [5.74, 6) is 2.29. The van der Waals surface area contributed by atoms with Crippen LogP contribution < -0.4 is 0 Å². The third-order valence-electron chi connectivity index (χ3n) is 24.8. The van der Waals surface area contributed by atoms with Crippen LogP contribution in [0.25, 0.3) is 196 Å². The Labute approximate surface area is 709 Å². The average Bonchev–Trinajstić information content (AvgIpc) is 1.57. The van der Waals surface area contributed by atoms with Crippen LogP contribution in [0.5, 0.6) is 0 Å². The number of benzene rings is 15. The largest absolute Gasteiger partial charge is 0.228 e. The van der Waals surface area contributed by atoms with Crippen LogP contribution in [0.2, 0.25) is 0 Å². The fourth-order valence-corrected chi connectivity index (χ4v) is 22.1. The molecule has 21 aromatic rings. The number of rotatable bonds is 9. The van der Waals surface area contributed by atoms with E-state index in [1.54, 1.807) is 0 Å². The van der Waals surface area contributed by atoms with Gasteiger partial charge in [-0.05, 0) is 123 Å². The third kappa shape index (κ3) is 12.2. The zero-order chi connectivity index (χ0) is 80.5. The van der Waals surface area contributed by atoms with Gasteiger partial charge in [0.05, 0.1) is 34.2 Å². The molecule has 15 aromatic carbocycles. The Hall–Kier alpha value is -13.8. The summed E-state index contributed by atoms with van der Waals surface area (Å²) < 4.78 is 7.97. The van der Waals surface area contributed by atoms with Crippen molar-refractivity contribution in [1.82, 2.24) is 29.9 Å². The Morgan fingerprint density at radius 3 is 0.900 bits per heavy atom. The molecule has 6 aromatic heterocycles. The van der Waals surface area contributed by atoms with Gasteiger partial charge in [0.1, 0.15) is 0 Å². The predicted octanol–water partition coefficient (Wildman–Crippen LogP) is 30.5. The minimum atomic E-state index is -0.250. The molecule has 0 amide bonds. The summed E-state index contributed by atoms with van der Waals surface area (Å²) in [6.45, 7) is 13.8. The van der Waals surface area contributed by atoms with Crippen LogP contribution in [0, 0.1) is 0 Å². The van der Waals surface area contributed by atoms with Crippen molar-refractivity contribution in [3.63, 3.8) is 0 Å². The molecular formula is C111H78N6S3. The summed E-state index contributed by atoms with van der Waals surface area (Å²) in [4.78, 5) is 31.3. The van der Waals surface area contributed by atoms with Crippen molar-refractivity contribution in [3.8, 4) is 135 Å². The molecule has 0 bridgehead atoms. The molecule has 0 radical (unpaired) electrons. The highest BCUT2D eigenvalue weighted by molar-refractivity contribution is 7.26. The lowest BCUT2D eigenvalue weighted by Gasteiger charge is -2.24. The first-order valence-corrected chi connectivity index (χ1v) is 43.5. The Balaban J connectivity index is 0.000000108. The molecular weight excluding hydrogens is 1510 g/mol. The Morgan fingerprint density at radius 2 is 0.458 bits per heavy atom. The number of hydrogen-bond donors (Lipinski definition) is 0. The minimum absolute atomic E-state index is 0.207.